The highest BCUT2D eigenvalue weighted by Crippen LogP contribution is 2.31. The lowest BCUT2D eigenvalue weighted by atomic mass is 9.95. The molecule has 0 aliphatic heterocycles. The van der Waals surface area contributed by atoms with Crippen LogP contribution in [0, 0.1) is 6.92 Å². The summed E-state index contributed by atoms with van der Waals surface area (Å²) in [7, 11) is 2.75. The second-order valence-electron chi connectivity index (χ2n) is 9.04. The molecule has 0 saturated heterocycles. The van der Waals surface area contributed by atoms with E-state index in [1.807, 2.05) is 0 Å². The standard InChI is InChI=1S/C33H25P/c1-22-2-4-23(5-3-22)25-6-8-29-20-31(12-10-27(29)18-25)32-13-11-28-19-26(7-9-30(28)21-32)24-14-16-33(34)17-15-24/h2-21H,34H2,1H3. The van der Waals surface area contributed by atoms with Crippen molar-refractivity contribution < 1.29 is 0 Å². The van der Waals surface area contributed by atoms with Crippen molar-refractivity contribution in [3.8, 4) is 33.4 Å². The molecule has 0 fully saturated rings. The van der Waals surface area contributed by atoms with E-state index >= 15 is 0 Å². The van der Waals surface area contributed by atoms with E-state index in [0.29, 0.717) is 0 Å². The van der Waals surface area contributed by atoms with E-state index in [1.54, 1.807) is 0 Å². The van der Waals surface area contributed by atoms with Gasteiger partial charge in [-0.2, -0.15) is 0 Å². The minimum atomic E-state index is 1.20. The maximum atomic E-state index is 2.75. The Labute approximate surface area is 203 Å². The third-order valence-electron chi connectivity index (χ3n) is 6.64. The highest BCUT2D eigenvalue weighted by molar-refractivity contribution is 7.27. The Hall–Kier alpha value is -3.73. The molecule has 1 atom stereocenters. The Bertz CT molecular complexity index is 1510. The quantitative estimate of drug-likeness (QED) is 0.235. The van der Waals surface area contributed by atoms with Crippen LogP contribution >= 0.6 is 9.24 Å². The number of aryl methyl sites for hydroxylation is 1. The second kappa shape index (κ2) is 8.56. The molecule has 0 saturated carbocycles. The van der Waals surface area contributed by atoms with Gasteiger partial charge in [-0.15, -0.1) is 9.24 Å². The number of hydrogen-bond donors (Lipinski definition) is 0. The maximum Gasteiger partial charge on any atom is -0.0177 e. The van der Waals surface area contributed by atoms with Gasteiger partial charge in [-0.25, -0.2) is 0 Å². The number of benzene rings is 6. The van der Waals surface area contributed by atoms with Crippen molar-refractivity contribution in [2.45, 2.75) is 6.92 Å². The lowest BCUT2D eigenvalue weighted by molar-refractivity contribution is 1.47. The van der Waals surface area contributed by atoms with Crippen molar-refractivity contribution >= 4 is 36.1 Å². The van der Waals surface area contributed by atoms with Crippen LogP contribution in [0.2, 0.25) is 0 Å². The molecule has 34 heavy (non-hydrogen) atoms. The van der Waals surface area contributed by atoms with Gasteiger partial charge in [-0.05, 0) is 91.4 Å². The van der Waals surface area contributed by atoms with Crippen molar-refractivity contribution in [2.75, 3.05) is 0 Å². The van der Waals surface area contributed by atoms with Crippen LogP contribution in [-0.4, -0.2) is 0 Å². The number of rotatable bonds is 3. The first-order chi connectivity index (χ1) is 16.6. The molecule has 0 aromatic heterocycles. The van der Waals surface area contributed by atoms with Crippen LogP contribution in [0.3, 0.4) is 0 Å². The summed E-state index contributed by atoms with van der Waals surface area (Å²) < 4.78 is 0. The summed E-state index contributed by atoms with van der Waals surface area (Å²) in [5.74, 6) is 0. The summed E-state index contributed by atoms with van der Waals surface area (Å²) in [6, 6.07) is 44.4. The molecule has 0 aliphatic rings. The zero-order valence-corrected chi connectivity index (χ0v) is 20.3. The van der Waals surface area contributed by atoms with E-state index < -0.39 is 0 Å². The van der Waals surface area contributed by atoms with Crippen molar-refractivity contribution in [1.82, 2.24) is 0 Å². The van der Waals surface area contributed by atoms with Crippen molar-refractivity contribution in [2.24, 2.45) is 0 Å². The molecule has 0 bridgehead atoms. The molecule has 0 heterocycles. The first-order valence-corrected chi connectivity index (χ1v) is 12.2. The van der Waals surface area contributed by atoms with Crippen molar-refractivity contribution in [3.63, 3.8) is 0 Å². The topological polar surface area (TPSA) is 0 Å². The van der Waals surface area contributed by atoms with Gasteiger partial charge in [0.15, 0.2) is 0 Å². The molecule has 162 valence electrons. The van der Waals surface area contributed by atoms with Crippen LogP contribution in [0.4, 0.5) is 0 Å². The zero-order valence-electron chi connectivity index (χ0n) is 19.1. The maximum absolute atomic E-state index is 2.75. The Morgan fingerprint density at radius 1 is 0.353 bits per heavy atom. The fourth-order valence-electron chi connectivity index (χ4n) is 4.63. The molecule has 0 spiro atoms. The Morgan fingerprint density at radius 2 is 0.647 bits per heavy atom. The number of hydrogen-bond acceptors (Lipinski definition) is 0. The smallest absolute Gasteiger partial charge is 0.0177 e. The SMILES string of the molecule is Cc1ccc(-c2ccc3cc(-c4ccc5cc(-c6ccc(P)cc6)ccc5c4)ccc3c2)cc1. The van der Waals surface area contributed by atoms with E-state index in [0.717, 1.165) is 0 Å². The molecule has 0 aliphatic carbocycles. The molecular formula is C33H25P. The van der Waals surface area contributed by atoms with Gasteiger partial charge in [0.05, 0.1) is 0 Å². The summed E-state index contributed by atoms with van der Waals surface area (Å²) in [5, 5.41) is 6.26. The summed E-state index contributed by atoms with van der Waals surface area (Å²) in [5.41, 5.74) is 8.80. The van der Waals surface area contributed by atoms with E-state index in [2.05, 4.69) is 137 Å². The molecular weight excluding hydrogens is 427 g/mol. The first-order valence-electron chi connectivity index (χ1n) is 11.6. The molecule has 6 aromatic rings. The largest absolute Gasteiger partial charge is 0.106 e. The van der Waals surface area contributed by atoms with E-state index in [4.69, 9.17) is 0 Å². The summed E-state index contributed by atoms with van der Waals surface area (Å²) in [4.78, 5) is 0. The fraction of sp³-hybridized carbons (Fsp3) is 0.0303. The normalized spacial score (nSPS) is 11.2. The predicted octanol–water partition coefficient (Wildman–Crippen LogP) is 8.80. The van der Waals surface area contributed by atoms with Gasteiger partial charge in [-0.3, -0.25) is 0 Å². The zero-order chi connectivity index (χ0) is 23.1. The minimum Gasteiger partial charge on any atom is -0.106 e. The van der Waals surface area contributed by atoms with Gasteiger partial charge < -0.3 is 0 Å². The average Bonchev–Trinajstić information content (AvgIpc) is 2.88. The lowest BCUT2D eigenvalue weighted by Gasteiger charge is -2.09. The summed E-state index contributed by atoms with van der Waals surface area (Å²) in [6.07, 6.45) is 0. The highest BCUT2D eigenvalue weighted by Gasteiger charge is 2.05. The van der Waals surface area contributed by atoms with Gasteiger partial charge >= 0.3 is 0 Å². The Balaban J connectivity index is 1.33. The van der Waals surface area contributed by atoms with Gasteiger partial charge in [0, 0.05) is 0 Å². The molecule has 6 aromatic carbocycles. The molecule has 1 unspecified atom stereocenters. The Morgan fingerprint density at radius 3 is 1.03 bits per heavy atom. The second-order valence-corrected chi connectivity index (χ2v) is 9.71. The van der Waals surface area contributed by atoms with Crippen LogP contribution in [0.25, 0.3) is 54.9 Å². The van der Waals surface area contributed by atoms with E-state index in [1.165, 1.54) is 65.8 Å². The average molecular weight is 453 g/mol. The monoisotopic (exact) mass is 452 g/mol. The van der Waals surface area contributed by atoms with Crippen LogP contribution in [0.1, 0.15) is 5.56 Å². The van der Waals surface area contributed by atoms with Crippen molar-refractivity contribution in [1.29, 1.82) is 0 Å². The van der Waals surface area contributed by atoms with Crippen molar-refractivity contribution in [3.05, 3.63) is 127 Å². The van der Waals surface area contributed by atoms with Crippen LogP contribution in [0.15, 0.2) is 121 Å². The van der Waals surface area contributed by atoms with Crippen LogP contribution < -0.4 is 5.30 Å². The van der Waals surface area contributed by atoms with Crippen LogP contribution in [0.5, 0.6) is 0 Å². The molecule has 0 nitrogen and oxygen atoms in total. The fourth-order valence-corrected chi connectivity index (χ4v) is 4.82. The number of fused-ring (bicyclic) bond motifs is 2. The Kier molecular flexibility index (Phi) is 5.25. The molecule has 1 heteroatoms. The lowest BCUT2D eigenvalue weighted by Crippen LogP contribution is -1.88. The van der Waals surface area contributed by atoms with Crippen LogP contribution in [-0.2, 0) is 0 Å². The molecule has 0 N–H and O–H groups in total. The minimum absolute atomic E-state index is 1.20. The molecule has 0 amide bonds. The van der Waals surface area contributed by atoms with E-state index in [-0.39, 0.29) is 0 Å². The summed E-state index contributed by atoms with van der Waals surface area (Å²) in [6.45, 7) is 2.13. The first kappa shape index (κ1) is 20.8. The molecule has 6 rings (SSSR count). The molecule has 0 radical (unpaired) electrons. The van der Waals surface area contributed by atoms with Gasteiger partial charge in [0.2, 0.25) is 0 Å². The predicted molar refractivity (Wildman–Crippen MR) is 152 cm³/mol. The highest BCUT2D eigenvalue weighted by atomic mass is 31.0. The van der Waals surface area contributed by atoms with Gasteiger partial charge in [-0.1, -0.05) is 103 Å². The summed E-state index contributed by atoms with van der Waals surface area (Å²) >= 11 is 0. The third kappa shape index (κ3) is 4.03. The third-order valence-corrected chi connectivity index (χ3v) is 7.03. The van der Waals surface area contributed by atoms with E-state index in [9.17, 15) is 0 Å². The van der Waals surface area contributed by atoms with Gasteiger partial charge in [0.1, 0.15) is 0 Å². The van der Waals surface area contributed by atoms with Gasteiger partial charge in [0.25, 0.3) is 0 Å².